The molecule has 3 amide bonds. The van der Waals surface area contributed by atoms with Crippen molar-refractivity contribution in [3.63, 3.8) is 0 Å². The first-order valence-electron chi connectivity index (χ1n) is 11.8. The van der Waals surface area contributed by atoms with E-state index >= 15 is 0 Å². The van der Waals surface area contributed by atoms with Gasteiger partial charge in [-0.25, -0.2) is 0 Å². The Labute approximate surface area is 213 Å². The summed E-state index contributed by atoms with van der Waals surface area (Å²) >= 11 is 0.846. The van der Waals surface area contributed by atoms with Gasteiger partial charge in [0, 0.05) is 18.7 Å². The number of ether oxygens (including phenoxy) is 2. The first-order chi connectivity index (χ1) is 17.5. The van der Waals surface area contributed by atoms with Crippen LogP contribution in [-0.4, -0.2) is 59.7 Å². The first kappa shape index (κ1) is 24.1. The van der Waals surface area contributed by atoms with Gasteiger partial charge in [0.05, 0.1) is 18.1 Å². The zero-order chi connectivity index (χ0) is 25.1. The number of benzene rings is 3. The van der Waals surface area contributed by atoms with Crippen LogP contribution in [0.4, 0.5) is 4.79 Å². The number of carbonyl (C=O) groups excluding carboxylic acids is 3. The van der Waals surface area contributed by atoms with Gasteiger partial charge in [-0.3, -0.25) is 19.3 Å². The first-order valence-corrected chi connectivity index (χ1v) is 12.6. The molecule has 0 unspecified atom stereocenters. The van der Waals surface area contributed by atoms with Gasteiger partial charge >= 0.3 is 0 Å². The van der Waals surface area contributed by atoms with Crippen LogP contribution in [0.1, 0.15) is 16.7 Å². The summed E-state index contributed by atoms with van der Waals surface area (Å²) in [6.07, 6.45) is 1.71. The molecule has 0 aliphatic carbocycles. The van der Waals surface area contributed by atoms with Crippen LogP contribution in [0.5, 0.6) is 5.75 Å². The van der Waals surface area contributed by atoms with Crippen molar-refractivity contribution in [1.82, 2.24) is 9.80 Å². The van der Waals surface area contributed by atoms with E-state index < -0.39 is 11.1 Å². The maximum absolute atomic E-state index is 13.2. The largest absolute Gasteiger partial charge is 0.488 e. The molecule has 3 aromatic rings. The molecule has 0 radical (unpaired) electrons. The molecule has 5 rings (SSSR count). The van der Waals surface area contributed by atoms with Gasteiger partial charge in [0.2, 0.25) is 5.91 Å². The fourth-order valence-electron chi connectivity index (χ4n) is 4.21. The van der Waals surface area contributed by atoms with Gasteiger partial charge in [0.1, 0.15) is 18.9 Å². The van der Waals surface area contributed by atoms with E-state index in [1.807, 2.05) is 67.6 Å². The Morgan fingerprint density at radius 2 is 1.78 bits per heavy atom. The standard InChI is InChI=1S/C28H26N2O5S/c1-19-6-8-20(9-7-19)18-35-24-11-10-21-4-2-3-5-22(21)23(24)16-25-27(32)30(28(33)36-25)17-26(31)29-12-14-34-15-13-29/h2-11,16H,12-15,17-18H2,1H3/b25-16+. The number of hydrogen-bond acceptors (Lipinski definition) is 6. The Kier molecular flexibility index (Phi) is 7.06. The Hall–Kier alpha value is -3.62. The number of amides is 3. The number of thioether (sulfide) groups is 1. The van der Waals surface area contributed by atoms with Crippen molar-refractivity contribution in [1.29, 1.82) is 0 Å². The van der Waals surface area contributed by atoms with Crippen LogP contribution in [0.25, 0.3) is 16.8 Å². The van der Waals surface area contributed by atoms with Gasteiger partial charge in [-0.15, -0.1) is 0 Å². The summed E-state index contributed by atoms with van der Waals surface area (Å²) in [6.45, 7) is 3.97. The van der Waals surface area contributed by atoms with Crippen LogP contribution < -0.4 is 4.74 Å². The molecule has 184 valence electrons. The molecule has 2 heterocycles. The number of imide groups is 1. The average molecular weight is 503 g/mol. The van der Waals surface area contributed by atoms with E-state index in [1.165, 1.54) is 5.56 Å². The van der Waals surface area contributed by atoms with E-state index in [4.69, 9.17) is 9.47 Å². The van der Waals surface area contributed by atoms with Crippen molar-refractivity contribution in [2.75, 3.05) is 32.8 Å². The maximum Gasteiger partial charge on any atom is 0.294 e. The van der Waals surface area contributed by atoms with Crippen molar-refractivity contribution in [3.8, 4) is 5.75 Å². The van der Waals surface area contributed by atoms with E-state index in [2.05, 4.69) is 0 Å². The van der Waals surface area contributed by atoms with Crippen LogP contribution >= 0.6 is 11.8 Å². The predicted octanol–water partition coefficient (Wildman–Crippen LogP) is 4.62. The molecular weight excluding hydrogens is 476 g/mol. The molecule has 0 aromatic heterocycles. The molecule has 0 N–H and O–H groups in total. The molecule has 0 atom stereocenters. The zero-order valence-electron chi connectivity index (χ0n) is 19.9. The van der Waals surface area contributed by atoms with Crippen molar-refractivity contribution in [2.45, 2.75) is 13.5 Å². The molecule has 0 saturated carbocycles. The Morgan fingerprint density at radius 3 is 2.56 bits per heavy atom. The molecule has 0 spiro atoms. The SMILES string of the molecule is Cc1ccc(COc2ccc3ccccc3c2/C=C2/SC(=O)N(CC(=O)N3CCOCC3)C2=O)cc1. The van der Waals surface area contributed by atoms with E-state index in [0.717, 1.165) is 38.6 Å². The summed E-state index contributed by atoms with van der Waals surface area (Å²) in [6, 6.07) is 19.8. The number of carbonyl (C=O) groups is 3. The van der Waals surface area contributed by atoms with Crippen LogP contribution in [0, 0.1) is 6.92 Å². The van der Waals surface area contributed by atoms with Crippen LogP contribution in [0.15, 0.2) is 65.6 Å². The molecule has 2 aliphatic rings. The zero-order valence-corrected chi connectivity index (χ0v) is 20.8. The second-order valence-electron chi connectivity index (χ2n) is 8.73. The van der Waals surface area contributed by atoms with E-state index in [0.29, 0.717) is 38.7 Å². The summed E-state index contributed by atoms with van der Waals surface area (Å²) in [5, 5.41) is 1.46. The van der Waals surface area contributed by atoms with Gasteiger partial charge in [-0.2, -0.15) is 0 Å². The highest BCUT2D eigenvalue weighted by atomic mass is 32.2. The number of aryl methyl sites for hydroxylation is 1. The second kappa shape index (κ2) is 10.6. The summed E-state index contributed by atoms with van der Waals surface area (Å²) in [5.41, 5.74) is 2.93. The highest BCUT2D eigenvalue weighted by Crippen LogP contribution is 2.37. The van der Waals surface area contributed by atoms with Crippen molar-refractivity contribution in [3.05, 3.63) is 82.3 Å². The summed E-state index contributed by atoms with van der Waals surface area (Å²) in [7, 11) is 0. The molecule has 2 saturated heterocycles. The van der Waals surface area contributed by atoms with Crippen molar-refractivity contribution < 1.29 is 23.9 Å². The molecule has 3 aromatic carbocycles. The van der Waals surface area contributed by atoms with Crippen LogP contribution in [0.2, 0.25) is 0 Å². The van der Waals surface area contributed by atoms with Gasteiger partial charge in [-0.1, -0.05) is 60.2 Å². The minimum absolute atomic E-state index is 0.255. The lowest BCUT2D eigenvalue weighted by Gasteiger charge is -2.28. The Bertz CT molecular complexity index is 1350. The Balaban J connectivity index is 1.42. The maximum atomic E-state index is 13.2. The van der Waals surface area contributed by atoms with Crippen LogP contribution in [-0.2, 0) is 20.9 Å². The third kappa shape index (κ3) is 5.15. The molecule has 2 fully saturated rings. The quantitative estimate of drug-likeness (QED) is 0.458. The monoisotopic (exact) mass is 502 g/mol. The third-order valence-electron chi connectivity index (χ3n) is 6.25. The van der Waals surface area contributed by atoms with Crippen molar-refractivity contribution >= 4 is 45.7 Å². The van der Waals surface area contributed by atoms with Gasteiger partial charge in [-0.05, 0) is 47.2 Å². The Morgan fingerprint density at radius 1 is 1.03 bits per heavy atom. The van der Waals surface area contributed by atoms with Gasteiger partial charge in [0.25, 0.3) is 11.1 Å². The molecule has 8 heteroatoms. The number of nitrogens with zero attached hydrogens (tertiary/aromatic N) is 2. The lowest BCUT2D eigenvalue weighted by molar-refractivity contribution is -0.139. The smallest absolute Gasteiger partial charge is 0.294 e. The fraction of sp³-hybridized carbons (Fsp3) is 0.250. The fourth-order valence-corrected chi connectivity index (χ4v) is 5.03. The second-order valence-corrected chi connectivity index (χ2v) is 9.73. The summed E-state index contributed by atoms with van der Waals surface area (Å²) in [4.78, 5) is 41.4. The van der Waals surface area contributed by atoms with Gasteiger partial charge in [0.15, 0.2) is 0 Å². The number of rotatable bonds is 6. The molecule has 7 nitrogen and oxygen atoms in total. The van der Waals surface area contributed by atoms with Gasteiger partial charge < -0.3 is 14.4 Å². The summed E-state index contributed by atoms with van der Waals surface area (Å²) < 4.78 is 11.5. The highest BCUT2D eigenvalue weighted by molar-refractivity contribution is 8.18. The molecule has 2 aliphatic heterocycles. The predicted molar refractivity (Wildman–Crippen MR) is 140 cm³/mol. The highest BCUT2D eigenvalue weighted by Gasteiger charge is 2.37. The van der Waals surface area contributed by atoms with E-state index in [1.54, 1.807) is 11.0 Å². The van der Waals surface area contributed by atoms with E-state index in [-0.39, 0.29) is 17.4 Å². The molecule has 0 bridgehead atoms. The average Bonchev–Trinajstić information content (AvgIpc) is 3.17. The summed E-state index contributed by atoms with van der Waals surface area (Å²) in [5.74, 6) is -0.108. The number of morpholine rings is 1. The number of hydrogen-bond donors (Lipinski definition) is 0. The topological polar surface area (TPSA) is 76.2 Å². The minimum atomic E-state index is -0.468. The molecular formula is C28H26N2O5S. The lowest BCUT2D eigenvalue weighted by Crippen LogP contribution is -2.46. The molecule has 36 heavy (non-hydrogen) atoms. The van der Waals surface area contributed by atoms with Crippen molar-refractivity contribution in [2.24, 2.45) is 0 Å². The number of fused-ring (bicyclic) bond motifs is 1. The van der Waals surface area contributed by atoms with E-state index in [9.17, 15) is 14.4 Å². The van der Waals surface area contributed by atoms with Crippen LogP contribution in [0.3, 0.4) is 0 Å². The third-order valence-corrected chi connectivity index (χ3v) is 7.16. The normalized spacial score (nSPS) is 17.3. The minimum Gasteiger partial charge on any atom is -0.488 e. The lowest BCUT2D eigenvalue weighted by atomic mass is 10.0.